The summed E-state index contributed by atoms with van der Waals surface area (Å²) >= 11 is 6.52. The van der Waals surface area contributed by atoms with Gasteiger partial charge in [-0.25, -0.2) is 4.21 Å². The summed E-state index contributed by atoms with van der Waals surface area (Å²) in [4.78, 5) is 33.0. The summed E-state index contributed by atoms with van der Waals surface area (Å²) in [5.41, 5.74) is 2.94. The molecule has 16 heteroatoms. The van der Waals surface area contributed by atoms with Crippen LogP contribution in [0.3, 0.4) is 0 Å². The molecule has 2 amide bonds. The first-order chi connectivity index (χ1) is 27.4. The van der Waals surface area contributed by atoms with Crippen molar-refractivity contribution in [1.82, 2.24) is 24.7 Å². The number of rotatable bonds is 4. The van der Waals surface area contributed by atoms with Gasteiger partial charge in [0.2, 0.25) is 5.88 Å². The fraction of sp³-hybridized carbons (Fsp3) is 0.585. The predicted molar refractivity (Wildman–Crippen MR) is 214 cm³/mol. The van der Waals surface area contributed by atoms with E-state index in [9.17, 15) is 9.59 Å². The Balaban J connectivity index is 1.09. The van der Waals surface area contributed by atoms with Crippen LogP contribution in [0, 0.1) is 17.8 Å². The standard InChI is InChI=1S/C41H50ClN7O7S/c1-47-18-30-35(53-3)27-10-7-25(27)16-49-21-40(13-5-6-23-14-26(42)9-11-29(23)40)22-56-33-12-8-24(15-32(33)49)37(50)45-57(52,20-31-36-41(30,43-31)34(47)19-55-36)46-38(51)28-17-48(2)44-39(28)54-4/h8-9,11-12,14-15,17,25,27,30-31,34-36,43H,5-7,10,13,16,18-22H2,1-4H3,(H,45,46,50,51,52)/t25-,27+,30+,31+,34-,35+,36+,40-,41+,57-/m0/s1. The molecule has 3 saturated heterocycles. The van der Waals surface area contributed by atoms with Crippen LogP contribution in [0.1, 0.15) is 57.5 Å². The first-order valence-corrected chi connectivity index (χ1v) is 22.1. The third-order valence-corrected chi connectivity index (χ3v) is 16.3. The molecule has 14 nitrogen and oxygen atoms in total. The molecular formula is C41H50ClN7O7S. The van der Waals surface area contributed by atoms with Crippen molar-refractivity contribution in [3.63, 3.8) is 0 Å². The number of hydrogen-bond acceptors (Lipinski definition) is 11. The maximum Gasteiger partial charge on any atom is 0.286 e. The molecule has 57 heavy (non-hydrogen) atoms. The van der Waals surface area contributed by atoms with Gasteiger partial charge in [0.1, 0.15) is 21.2 Å². The van der Waals surface area contributed by atoms with Crippen LogP contribution in [-0.4, -0.2) is 120 Å². The SMILES string of the molecule is COc1nn(C)cc1C(=O)N[S@@]1(=O)=NC(=O)c2ccc3c(c2)N(C[C@@H]2CC[C@H]2[C@@H](OC)[C@H]2CN(C)[C@H]4CO[C@@H]5[C@@H](C1)N[C@@]254)C[C@@]1(CCCc2cc(Cl)ccc21)CO3. The number of fused-ring (bicyclic) bond motifs is 4. The highest BCUT2D eigenvalue weighted by molar-refractivity contribution is 7.92. The Morgan fingerprint density at radius 2 is 2.00 bits per heavy atom. The van der Waals surface area contributed by atoms with E-state index in [4.69, 9.17) is 30.5 Å². The number of carbonyl (C=O) groups excluding carboxylic acids is 2. The molecule has 1 saturated carbocycles. The summed E-state index contributed by atoms with van der Waals surface area (Å²) < 4.78 is 48.8. The van der Waals surface area contributed by atoms with Gasteiger partial charge in [0.05, 0.1) is 55.6 Å². The molecule has 0 radical (unpaired) electrons. The number of nitrogens with zero attached hydrogens (tertiary/aromatic N) is 5. The maximum absolute atomic E-state index is 15.1. The largest absolute Gasteiger partial charge is 0.490 e. The summed E-state index contributed by atoms with van der Waals surface area (Å²) in [6.07, 6.45) is 6.19. The summed E-state index contributed by atoms with van der Waals surface area (Å²) in [7, 11) is 3.30. The number of halogens is 1. The minimum absolute atomic E-state index is 0.0457. The van der Waals surface area contributed by atoms with Crippen molar-refractivity contribution in [3.8, 4) is 11.6 Å². The Morgan fingerprint density at radius 1 is 1.14 bits per heavy atom. The number of benzene rings is 2. The van der Waals surface area contributed by atoms with Crippen LogP contribution >= 0.6 is 11.6 Å². The van der Waals surface area contributed by atoms with Gasteiger partial charge in [-0.2, -0.15) is 0 Å². The van der Waals surface area contributed by atoms with Crippen LogP contribution in [0.15, 0.2) is 47.0 Å². The predicted octanol–water partition coefficient (Wildman–Crippen LogP) is 3.60. The van der Waals surface area contributed by atoms with Crippen LogP contribution < -0.4 is 24.4 Å². The number of aryl methyl sites for hydroxylation is 2. The van der Waals surface area contributed by atoms with Gasteiger partial charge in [-0.05, 0) is 92.4 Å². The second-order valence-electron chi connectivity index (χ2n) is 17.3. The molecule has 8 aliphatic rings. The fourth-order valence-corrected chi connectivity index (χ4v) is 13.6. The van der Waals surface area contributed by atoms with E-state index in [1.165, 1.54) is 29.1 Å². The van der Waals surface area contributed by atoms with E-state index in [0.717, 1.165) is 55.9 Å². The van der Waals surface area contributed by atoms with Gasteiger partial charge in [0.25, 0.3) is 11.8 Å². The Morgan fingerprint density at radius 3 is 2.79 bits per heavy atom. The third kappa shape index (κ3) is 5.85. The van der Waals surface area contributed by atoms with Gasteiger partial charge >= 0.3 is 0 Å². The Kier molecular flexibility index (Phi) is 9.00. The van der Waals surface area contributed by atoms with Crippen molar-refractivity contribution in [2.75, 3.05) is 64.8 Å². The maximum atomic E-state index is 15.1. The lowest BCUT2D eigenvalue weighted by atomic mass is 9.60. The van der Waals surface area contributed by atoms with Crippen LogP contribution in [0.5, 0.6) is 11.6 Å². The molecule has 0 unspecified atom stereocenters. The Bertz CT molecular complexity index is 2280. The smallest absolute Gasteiger partial charge is 0.286 e. The molecule has 10 atom stereocenters. The van der Waals surface area contributed by atoms with Gasteiger partial charge < -0.3 is 29.2 Å². The Labute approximate surface area is 338 Å². The Hall–Kier alpha value is -3.73. The van der Waals surface area contributed by atoms with Crippen molar-refractivity contribution >= 4 is 39.0 Å². The number of methoxy groups -OCH3 is 2. The molecule has 7 heterocycles. The lowest BCUT2D eigenvalue weighted by molar-refractivity contribution is -0.115. The quantitative estimate of drug-likeness (QED) is 0.398. The molecule has 4 fully saturated rings. The van der Waals surface area contributed by atoms with E-state index < -0.39 is 33.3 Å². The molecule has 4 bridgehead atoms. The van der Waals surface area contributed by atoms with Gasteiger partial charge in [0.15, 0.2) is 0 Å². The molecule has 2 aliphatic carbocycles. The van der Waals surface area contributed by atoms with Gasteiger partial charge in [-0.15, -0.1) is 9.46 Å². The fourth-order valence-electron chi connectivity index (χ4n) is 11.7. The highest BCUT2D eigenvalue weighted by atomic mass is 35.5. The highest BCUT2D eigenvalue weighted by Gasteiger charge is 2.72. The van der Waals surface area contributed by atoms with E-state index in [0.29, 0.717) is 37.3 Å². The van der Waals surface area contributed by atoms with Gasteiger partial charge in [-0.1, -0.05) is 17.7 Å². The zero-order chi connectivity index (χ0) is 39.4. The van der Waals surface area contributed by atoms with E-state index >= 15 is 4.21 Å². The molecule has 2 N–H and O–H groups in total. The normalized spacial score (nSPS) is 36.8. The number of nitrogens with one attached hydrogen (secondary N) is 2. The van der Waals surface area contributed by atoms with Crippen molar-refractivity contribution < 1.29 is 32.7 Å². The van der Waals surface area contributed by atoms with Crippen molar-refractivity contribution in [3.05, 3.63) is 69.9 Å². The van der Waals surface area contributed by atoms with Gasteiger partial charge in [-0.3, -0.25) is 23.9 Å². The minimum atomic E-state index is -3.75. The van der Waals surface area contributed by atoms with Gasteiger partial charge in [0, 0.05) is 67.9 Å². The average molecular weight is 820 g/mol. The monoisotopic (exact) mass is 819 g/mol. The number of aromatic nitrogens is 2. The van der Waals surface area contributed by atoms with Crippen LogP contribution in [0.25, 0.3) is 0 Å². The number of likely N-dealkylation sites (tertiary alicyclic amines) is 1. The summed E-state index contributed by atoms with van der Waals surface area (Å²) in [6, 6.07) is 11.2. The molecule has 11 rings (SSSR count). The van der Waals surface area contributed by atoms with E-state index in [1.807, 2.05) is 25.3 Å². The summed E-state index contributed by atoms with van der Waals surface area (Å²) in [6.45, 7) is 3.28. The molecule has 304 valence electrons. The third-order valence-electron chi connectivity index (χ3n) is 14.3. The molecule has 1 aromatic heterocycles. The summed E-state index contributed by atoms with van der Waals surface area (Å²) in [5.74, 6) is -0.0259. The average Bonchev–Trinajstić information content (AvgIpc) is 3.77. The van der Waals surface area contributed by atoms with Crippen LogP contribution in [0.4, 0.5) is 5.69 Å². The molecular weight excluding hydrogens is 770 g/mol. The number of ether oxygens (including phenoxy) is 4. The van der Waals surface area contributed by atoms with Crippen molar-refractivity contribution in [2.24, 2.45) is 29.2 Å². The van der Waals surface area contributed by atoms with Crippen molar-refractivity contribution in [2.45, 2.75) is 67.3 Å². The zero-order valence-corrected chi connectivity index (χ0v) is 34.3. The molecule has 2 spiro atoms. The van der Waals surface area contributed by atoms with E-state index in [1.54, 1.807) is 13.1 Å². The lowest BCUT2D eigenvalue weighted by Crippen LogP contribution is -2.81. The number of hydrogen-bond donors (Lipinski definition) is 2. The molecule has 6 aliphatic heterocycles. The van der Waals surface area contributed by atoms with E-state index in [2.05, 4.69) is 48.5 Å². The molecule has 2 aromatic carbocycles. The highest BCUT2D eigenvalue weighted by Crippen LogP contribution is 2.55. The number of anilines is 1. The lowest BCUT2D eigenvalue weighted by Gasteiger charge is -2.57. The van der Waals surface area contributed by atoms with Crippen molar-refractivity contribution in [1.29, 1.82) is 0 Å². The number of amides is 2. The first kappa shape index (κ1) is 37.5. The van der Waals surface area contributed by atoms with Crippen LogP contribution in [0.2, 0.25) is 5.02 Å². The van der Waals surface area contributed by atoms with E-state index in [-0.39, 0.29) is 52.3 Å². The number of likely N-dealkylation sites (N-methyl/N-ethyl adjacent to an activating group) is 1. The molecule has 3 aromatic rings. The minimum Gasteiger partial charge on any atom is -0.490 e. The summed E-state index contributed by atoms with van der Waals surface area (Å²) in [5, 5.41) is 8.77. The zero-order valence-electron chi connectivity index (χ0n) is 32.7. The second-order valence-corrected chi connectivity index (χ2v) is 19.8. The second kappa shape index (κ2) is 13.7. The first-order valence-electron chi connectivity index (χ1n) is 20.1. The number of carbonyl (C=O) groups is 2. The topological polar surface area (TPSA) is 149 Å². The van der Waals surface area contributed by atoms with Crippen LogP contribution in [-0.2, 0) is 38.3 Å².